The summed E-state index contributed by atoms with van der Waals surface area (Å²) in [6, 6.07) is 0. The highest BCUT2D eigenvalue weighted by Gasteiger charge is 2.54. The maximum Gasteiger partial charge on any atom is 0.289 e. The number of carbonyl (C=O) groups is 2. The molecule has 0 radical (unpaired) electrons. The van der Waals surface area contributed by atoms with E-state index in [4.69, 9.17) is 9.15 Å². The van der Waals surface area contributed by atoms with Gasteiger partial charge in [0.15, 0.2) is 5.76 Å². The van der Waals surface area contributed by atoms with Crippen molar-refractivity contribution in [2.75, 3.05) is 33.4 Å². The standard InChI is InChI=1S/C17H22N2O4/c1-18-16(21)17-5-6-22-9-12(17)7-19(10-17)15(20)14-13-4-2-3-11(13)8-23-14/h8,12H,2-7,9-10H2,1H3,(H,18,21)/t12-,17+/m1/s1. The van der Waals surface area contributed by atoms with Crippen molar-refractivity contribution in [1.29, 1.82) is 0 Å². The molecule has 4 rings (SSSR count). The van der Waals surface area contributed by atoms with E-state index in [1.165, 1.54) is 0 Å². The number of rotatable bonds is 2. The number of carbonyl (C=O) groups excluding carboxylic acids is 2. The normalized spacial score (nSPS) is 29.3. The van der Waals surface area contributed by atoms with Crippen LogP contribution in [0.5, 0.6) is 0 Å². The van der Waals surface area contributed by atoms with Crippen LogP contribution in [-0.4, -0.2) is 50.1 Å². The number of furan rings is 1. The lowest BCUT2D eigenvalue weighted by atomic mass is 9.73. The summed E-state index contributed by atoms with van der Waals surface area (Å²) in [5, 5.41) is 2.78. The second-order valence-electron chi connectivity index (χ2n) is 6.86. The number of nitrogens with zero attached hydrogens (tertiary/aromatic N) is 1. The lowest BCUT2D eigenvalue weighted by Crippen LogP contribution is -2.49. The summed E-state index contributed by atoms with van der Waals surface area (Å²) in [4.78, 5) is 27.2. The first-order valence-corrected chi connectivity index (χ1v) is 8.34. The molecule has 0 unspecified atom stereocenters. The van der Waals surface area contributed by atoms with Gasteiger partial charge in [0.25, 0.3) is 5.91 Å². The highest BCUT2D eigenvalue weighted by molar-refractivity contribution is 5.95. The van der Waals surface area contributed by atoms with Gasteiger partial charge in [-0.3, -0.25) is 9.59 Å². The predicted molar refractivity (Wildman–Crippen MR) is 82.1 cm³/mol. The number of aryl methyl sites for hydroxylation is 1. The Hall–Kier alpha value is -1.82. The fourth-order valence-corrected chi connectivity index (χ4v) is 4.41. The van der Waals surface area contributed by atoms with E-state index in [0.717, 1.165) is 30.4 Å². The summed E-state index contributed by atoms with van der Waals surface area (Å²) in [6.45, 7) is 2.12. The van der Waals surface area contributed by atoms with E-state index < -0.39 is 5.41 Å². The molecule has 1 aromatic rings. The van der Waals surface area contributed by atoms with Gasteiger partial charge in [0, 0.05) is 38.2 Å². The molecule has 1 aromatic heterocycles. The number of hydrogen-bond acceptors (Lipinski definition) is 4. The molecule has 0 spiro atoms. The first kappa shape index (κ1) is 14.8. The summed E-state index contributed by atoms with van der Waals surface area (Å²) >= 11 is 0. The molecule has 0 aromatic carbocycles. The van der Waals surface area contributed by atoms with Crippen molar-refractivity contribution in [2.24, 2.45) is 11.3 Å². The summed E-state index contributed by atoms with van der Waals surface area (Å²) in [7, 11) is 1.66. The Labute approximate surface area is 135 Å². The van der Waals surface area contributed by atoms with Crippen LogP contribution in [0.1, 0.15) is 34.5 Å². The minimum atomic E-state index is -0.515. The summed E-state index contributed by atoms with van der Waals surface area (Å²) in [5.74, 6) is 0.476. The van der Waals surface area contributed by atoms with Crippen molar-refractivity contribution in [3.8, 4) is 0 Å². The molecule has 3 aliphatic rings. The minimum Gasteiger partial charge on any atom is -0.459 e. The van der Waals surface area contributed by atoms with Crippen molar-refractivity contribution in [1.82, 2.24) is 10.2 Å². The number of hydrogen-bond donors (Lipinski definition) is 1. The first-order chi connectivity index (χ1) is 11.2. The summed E-state index contributed by atoms with van der Waals surface area (Å²) in [5.41, 5.74) is 1.71. The molecule has 23 heavy (non-hydrogen) atoms. The molecule has 124 valence electrons. The quantitative estimate of drug-likeness (QED) is 0.883. The number of ether oxygens (including phenoxy) is 1. The Morgan fingerprint density at radius 2 is 2.26 bits per heavy atom. The number of likely N-dealkylation sites (tertiary alicyclic amines) is 1. The SMILES string of the molecule is CNC(=O)[C@]12CCOC[C@H]1CN(C(=O)c1occ3c1CCC3)C2. The Bertz CT molecular complexity index is 653. The monoisotopic (exact) mass is 318 g/mol. The van der Waals surface area contributed by atoms with Gasteiger partial charge in [-0.05, 0) is 31.2 Å². The van der Waals surface area contributed by atoms with Crippen LogP contribution in [0.4, 0.5) is 0 Å². The summed E-state index contributed by atoms with van der Waals surface area (Å²) < 4.78 is 11.1. The van der Waals surface area contributed by atoms with Gasteiger partial charge in [-0.15, -0.1) is 0 Å². The molecule has 6 nitrogen and oxygen atoms in total. The van der Waals surface area contributed by atoms with Crippen molar-refractivity contribution in [3.05, 3.63) is 23.2 Å². The van der Waals surface area contributed by atoms with E-state index in [1.807, 2.05) is 0 Å². The molecule has 2 amide bonds. The molecule has 3 heterocycles. The molecule has 1 N–H and O–H groups in total. The van der Waals surface area contributed by atoms with Crippen molar-refractivity contribution in [3.63, 3.8) is 0 Å². The topological polar surface area (TPSA) is 71.8 Å². The van der Waals surface area contributed by atoms with E-state index in [2.05, 4.69) is 5.32 Å². The molecule has 0 saturated carbocycles. The fourth-order valence-electron chi connectivity index (χ4n) is 4.41. The Morgan fingerprint density at radius 3 is 3.09 bits per heavy atom. The molecule has 1 aliphatic carbocycles. The van der Waals surface area contributed by atoms with E-state index in [-0.39, 0.29) is 17.7 Å². The second-order valence-corrected chi connectivity index (χ2v) is 6.86. The Morgan fingerprint density at radius 1 is 1.39 bits per heavy atom. The minimum absolute atomic E-state index is 0.0192. The van der Waals surface area contributed by atoms with Crippen LogP contribution in [0.2, 0.25) is 0 Å². The molecule has 2 saturated heterocycles. The zero-order valence-corrected chi connectivity index (χ0v) is 13.4. The van der Waals surface area contributed by atoms with Gasteiger partial charge < -0.3 is 19.4 Å². The zero-order valence-electron chi connectivity index (χ0n) is 13.4. The van der Waals surface area contributed by atoms with Crippen molar-refractivity contribution in [2.45, 2.75) is 25.7 Å². The van der Waals surface area contributed by atoms with Crippen LogP contribution in [0, 0.1) is 11.3 Å². The fraction of sp³-hybridized carbons (Fsp3) is 0.647. The third kappa shape index (κ3) is 2.11. The zero-order chi connectivity index (χ0) is 16.0. The molecular formula is C17H22N2O4. The lowest BCUT2D eigenvalue weighted by molar-refractivity contribution is -0.138. The smallest absolute Gasteiger partial charge is 0.289 e. The van der Waals surface area contributed by atoms with Crippen LogP contribution in [0.25, 0.3) is 0 Å². The van der Waals surface area contributed by atoms with Gasteiger partial charge in [-0.1, -0.05) is 0 Å². The van der Waals surface area contributed by atoms with Gasteiger partial charge in [0.1, 0.15) is 0 Å². The van der Waals surface area contributed by atoms with Crippen LogP contribution in [0.3, 0.4) is 0 Å². The number of nitrogens with one attached hydrogen (secondary N) is 1. The molecule has 2 fully saturated rings. The van der Waals surface area contributed by atoms with Crippen molar-refractivity contribution >= 4 is 11.8 Å². The van der Waals surface area contributed by atoms with E-state index >= 15 is 0 Å². The summed E-state index contributed by atoms with van der Waals surface area (Å²) in [6.07, 6.45) is 5.37. The number of amides is 2. The van der Waals surface area contributed by atoms with Crippen LogP contribution in [0.15, 0.2) is 10.7 Å². The van der Waals surface area contributed by atoms with Crippen LogP contribution < -0.4 is 5.32 Å². The maximum absolute atomic E-state index is 12.9. The third-order valence-electron chi connectivity index (χ3n) is 5.72. The average molecular weight is 318 g/mol. The first-order valence-electron chi connectivity index (χ1n) is 8.34. The van der Waals surface area contributed by atoms with Gasteiger partial charge in [-0.25, -0.2) is 0 Å². The number of fused-ring (bicyclic) bond motifs is 2. The molecular weight excluding hydrogens is 296 g/mol. The third-order valence-corrected chi connectivity index (χ3v) is 5.72. The van der Waals surface area contributed by atoms with Crippen LogP contribution in [-0.2, 0) is 22.4 Å². The Kier molecular flexibility index (Phi) is 3.44. The van der Waals surface area contributed by atoms with Crippen molar-refractivity contribution < 1.29 is 18.7 Å². The largest absolute Gasteiger partial charge is 0.459 e. The van der Waals surface area contributed by atoms with E-state index in [1.54, 1.807) is 18.2 Å². The second kappa shape index (κ2) is 5.37. The maximum atomic E-state index is 12.9. The molecule has 6 heteroatoms. The van der Waals surface area contributed by atoms with Gasteiger partial charge in [0.2, 0.25) is 5.91 Å². The van der Waals surface area contributed by atoms with E-state index in [9.17, 15) is 9.59 Å². The predicted octanol–water partition coefficient (Wildman–Crippen LogP) is 0.993. The Balaban J connectivity index is 1.61. The highest BCUT2D eigenvalue weighted by atomic mass is 16.5. The lowest BCUT2D eigenvalue weighted by Gasteiger charge is -2.36. The molecule has 2 aliphatic heterocycles. The highest BCUT2D eigenvalue weighted by Crippen LogP contribution is 2.43. The van der Waals surface area contributed by atoms with Gasteiger partial charge >= 0.3 is 0 Å². The average Bonchev–Trinajstić information content (AvgIpc) is 3.26. The molecule has 0 bridgehead atoms. The van der Waals surface area contributed by atoms with Crippen LogP contribution >= 0.6 is 0 Å². The van der Waals surface area contributed by atoms with E-state index in [0.29, 0.717) is 38.5 Å². The molecule has 2 atom stereocenters. The van der Waals surface area contributed by atoms with Gasteiger partial charge in [-0.2, -0.15) is 0 Å². The van der Waals surface area contributed by atoms with Gasteiger partial charge in [0.05, 0.1) is 18.3 Å².